The van der Waals surface area contributed by atoms with Crippen LogP contribution in [0.25, 0.3) is 0 Å². The Balaban J connectivity index is 1.55. The zero-order valence-corrected chi connectivity index (χ0v) is 15.3. The quantitative estimate of drug-likeness (QED) is 0.841. The number of benzene rings is 2. The molecule has 26 heavy (non-hydrogen) atoms. The number of carbonyl (C=O) groups excluding carboxylic acids is 1. The number of nitrogens with zero attached hydrogens (tertiary/aromatic N) is 3. The first-order valence-corrected chi connectivity index (χ1v) is 9.76. The molecule has 0 N–H and O–H groups in total. The first kappa shape index (κ1) is 17.1. The molecule has 2 aromatic carbocycles. The molecular formula is C22H27N3O. The van der Waals surface area contributed by atoms with E-state index >= 15 is 0 Å². The standard InChI is InChI=1S/C22H27N3O/c26-22-20-11-5-6-12-21(20)25(19-9-3-1-4-10-19)18-17-24(22)16-15-23-13-7-2-8-14-23/h1,3-6,9-12H,2,7-8,13-18H2. The van der Waals surface area contributed by atoms with E-state index in [0.29, 0.717) is 0 Å². The molecule has 1 fully saturated rings. The van der Waals surface area contributed by atoms with Crippen molar-refractivity contribution in [2.45, 2.75) is 19.3 Å². The molecule has 2 aliphatic rings. The van der Waals surface area contributed by atoms with E-state index in [-0.39, 0.29) is 5.91 Å². The van der Waals surface area contributed by atoms with Crippen LogP contribution in [0.1, 0.15) is 29.6 Å². The normalized spacial score (nSPS) is 18.5. The predicted molar refractivity (Wildman–Crippen MR) is 106 cm³/mol. The Bertz CT molecular complexity index is 740. The first-order chi connectivity index (χ1) is 12.8. The van der Waals surface area contributed by atoms with Crippen molar-refractivity contribution >= 4 is 17.3 Å². The molecule has 4 rings (SSSR count). The van der Waals surface area contributed by atoms with Gasteiger partial charge in [0.2, 0.25) is 0 Å². The van der Waals surface area contributed by atoms with Crippen molar-refractivity contribution in [3.8, 4) is 0 Å². The van der Waals surface area contributed by atoms with Crippen LogP contribution in [-0.2, 0) is 0 Å². The van der Waals surface area contributed by atoms with E-state index in [4.69, 9.17) is 0 Å². The fourth-order valence-corrected chi connectivity index (χ4v) is 4.04. The number of para-hydroxylation sites is 2. The highest BCUT2D eigenvalue weighted by molar-refractivity contribution is 6.01. The Morgan fingerprint density at radius 3 is 2.27 bits per heavy atom. The topological polar surface area (TPSA) is 26.8 Å². The van der Waals surface area contributed by atoms with Gasteiger partial charge < -0.3 is 14.7 Å². The van der Waals surface area contributed by atoms with Crippen LogP contribution in [0.3, 0.4) is 0 Å². The van der Waals surface area contributed by atoms with E-state index < -0.39 is 0 Å². The Kier molecular flexibility index (Phi) is 5.21. The van der Waals surface area contributed by atoms with Crippen molar-refractivity contribution in [2.24, 2.45) is 0 Å². The predicted octanol–water partition coefficient (Wildman–Crippen LogP) is 3.77. The van der Waals surface area contributed by atoms with Crippen molar-refractivity contribution in [3.63, 3.8) is 0 Å². The summed E-state index contributed by atoms with van der Waals surface area (Å²) >= 11 is 0. The van der Waals surface area contributed by atoms with Gasteiger partial charge in [0.1, 0.15) is 0 Å². The molecule has 2 aromatic rings. The molecule has 0 aliphatic carbocycles. The first-order valence-electron chi connectivity index (χ1n) is 9.76. The molecule has 1 amide bonds. The van der Waals surface area contributed by atoms with Crippen LogP contribution in [0.2, 0.25) is 0 Å². The van der Waals surface area contributed by atoms with Crippen molar-refractivity contribution < 1.29 is 4.79 Å². The minimum atomic E-state index is 0.163. The third-order valence-corrected chi connectivity index (χ3v) is 5.51. The summed E-state index contributed by atoms with van der Waals surface area (Å²) in [5.41, 5.74) is 2.97. The van der Waals surface area contributed by atoms with Crippen LogP contribution in [0.15, 0.2) is 54.6 Å². The number of anilines is 2. The van der Waals surface area contributed by atoms with Gasteiger partial charge in [-0.15, -0.1) is 0 Å². The SMILES string of the molecule is O=C1c2ccccc2N(c2ccccc2)CCN1CCN1CCCCC1. The van der Waals surface area contributed by atoms with Crippen LogP contribution in [0.4, 0.5) is 11.4 Å². The molecule has 136 valence electrons. The lowest BCUT2D eigenvalue weighted by Gasteiger charge is -2.29. The van der Waals surface area contributed by atoms with E-state index in [1.54, 1.807) is 0 Å². The van der Waals surface area contributed by atoms with Gasteiger partial charge >= 0.3 is 0 Å². The summed E-state index contributed by atoms with van der Waals surface area (Å²) in [6.45, 7) is 5.74. The van der Waals surface area contributed by atoms with Gasteiger partial charge in [0.05, 0.1) is 11.3 Å². The molecule has 0 aromatic heterocycles. The largest absolute Gasteiger partial charge is 0.339 e. The summed E-state index contributed by atoms with van der Waals surface area (Å²) in [6.07, 6.45) is 3.93. The maximum atomic E-state index is 13.2. The molecule has 0 bridgehead atoms. The van der Waals surface area contributed by atoms with Gasteiger partial charge in [-0.05, 0) is 50.2 Å². The van der Waals surface area contributed by atoms with Gasteiger partial charge in [-0.2, -0.15) is 0 Å². The zero-order valence-electron chi connectivity index (χ0n) is 15.3. The molecule has 0 radical (unpaired) electrons. The minimum absolute atomic E-state index is 0.163. The van der Waals surface area contributed by atoms with Gasteiger partial charge in [-0.3, -0.25) is 4.79 Å². The maximum absolute atomic E-state index is 13.2. The second-order valence-electron chi connectivity index (χ2n) is 7.20. The number of likely N-dealkylation sites (tertiary alicyclic amines) is 1. The summed E-state index contributed by atoms with van der Waals surface area (Å²) in [6, 6.07) is 18.4. The van der Waals surface area contributed by atoms with E-state index in [1.165, 1.54) is 32.4 Å². The van der Waals surface area contributed by atoms with Crippen molar-refractivity contribution in [3.05, 3.63) is 60.2 Å². The molecule has 2 aliphatic heterocycles. The highest BCUT2D eigenvalue weighted by Gasteiger charge is 2.27. The van der Waals surface area contributed by atoms with Crippen LogP contribution < -0.4 is 4.90 Å². The van der Waals surface area contributed by atoms with Crippen LogP contribution >= 0.6 is 0 Å². The van der Waals surface area contributed by atoms with Crippen molar-refractivity contribution in [2.75, 3.05) is 44.2 Å². The number of hydrogen-bond donors (Lipinski definition) is 0. The second-order valence-corrected chi connectivity index (χ2v) is 7.20. The maximum Gasteiger partial charge on any atom is 0.256 e. The number of amides is 1. The fraction of sp³-hybridized carbons (Fsp3) is 0.409. The van der Waals surface area contributed by atoms with Gasteiger partial charge in [-0.25, -0.2) is 0 Å². The third-order valence-electron chi connectivity index (χ3n) is 5.51. The molecule has 4 heteroatoms. The lowest BCUT2D eigenvalue weighted by molar-refractivity contribution is 0.0741. The molecule has 0 unspecified atom stereocenters. The molecule has 0 atom stereocenters. The van der Waals surface area contributed by atoms with Crippen molar-refractivity contribution in [1.29, 1.82) is 0 Å². The van der Waals surface area contributed by atoms with Crippen LogP contribution in [0.5, 0.6) is 0 Å². The van der Waals surface area contributed by atoms with E-state index in [1.807, 2.05) is 29.2 Å². The molecule has 1 saturated heterocycles. The average Bonchev–Trinajstić information content (AvgIpc) is 2.85. The lowest BCUT2D eigenvalue weighted by atomic mass is 10.1. The Morgan fingerprint density at radius 1 is 0.731 bits per heavy atom. The van der Waals surface area contributed by atoms with Gasteiger partial charge in [0, 0.05) is 31.9 Å². The summed E-state index contributed by atoms with van der Waals surface area (Å²) in [5.74, 6) is 0.163. The smallest absolute Gasteiger partial charge is 0.256 e. The molecule has 0 saturated carbocycles. The number of rotatable bonds is 4. The van der Waals surface area contributed by atoms with Gasteiger partial charge in [-0.1, -0.05) is 36.8 Å². The number of piperidine rings is 1. The highest BCUT2D eigenvalue weighted by Crippen LogP contribution is 2.31. The van der Waals surface area contributed by atoms with Gasteiger partial charge in [0.25, 0.3) is 5.91 Å². The number of carbonyl (C=O) groups is 1. The average molecular weight is 349 g/mol. The molecular weight excluding hydrogens is 322 g/mol. The number of fused-ring (bicyclic) bond motifs is 1. The monoisotopic (exact) mass is 349 g/mol. The molecule has 2 heterocycles. The summed E-state index contributed by atoms with van der Waals surface area (Å²) < 4.78 is 0. The van der Waals surface area contributed by atoms with Crippen molar-refractivity contribution in [1.82, 2.24) is 9.80 Å². The fourth-order valence-electron chi connectivity index (χ4n) is 4.04. The third kappa shape index (κ3) is 3.61. The Morgan fingerprint density at radius 2 is 1.46 bits per heavy atom. The van der Waals surface area contributed by atoms with Gasteiger partial charge in [0.15, 0.2) is 0 Å². The van der Waals surface area contributed by atoms with E-state index in [9.17, 15) is 4.79 Å². The highest BCUT2D eigenvalue weighted by atomic mass is 16.2. The molecule has 4 nitrogen and oxygen atoms in total. The van der Waals surface area contributed by atoms with E-state index in [0.717, 1.165) is 43.1 Å². The Hall–Kier alpha value is -2.33. The summed E-state index contributed by atoms with van der Waals surface area (Å²) in [5, 5.41) is 0. The Labute approximate surface area is 156 Å². The zero-order chi connectivity index (χ0) is 17.8. The minimum Gasteiger partial charge on any atom is -0.339 e. The lowest BCUT2D eigenvalue weighted by Crippen LogP contribution is -2.41. The summed E-state index contributed by atoms with van der Waals surface area (Å²) in [7, 11) is 0. The summed E-state index contributed by atoms with van der Waals surface area (Å²) in [4.78, 5) is 20.0. The van der Waals surface area contributed by atoms with Crippen LogP contribution in [0, 0.1) is 0 Å². The van der Waals surface area contributed by atoms with Crippen LogP contribution in [-0.4, -0.2) is 55.0 Å². The second kappa shape index (κ2) is 7.92. The molecule has 0 spiro atoms. The van der Waals surface area contributed by atoms with E-state index in [2.05, 4.69) is 40.1 Å². The number of hydrogen-bond acceptors (Lipinski definition) is 3.